The summed E-state index contributed by atoms with van der Waals surface area (Å²) in [5.41, 5.74) is 1.00. The molecule has 31 heavy (non-hydrogen) atoms. The average Bonchev–Trinajstić information content (AvgIpc) is 2.79. The number of carbonyl (C=O) groups excluding carboxylic acids is 2. The van der Waals surface area contributed by atoms with Gasteiger partial charge in [0.15, 0.2) is 5.78 Å². The van der Waals surface area contributed by atoms with E-state index >= 15 is 0 Å². The van der Waals surface area contributed by atoms with Crippen LogP contribution in [0.1, 0.15) is 41.9 Å². The van der Waals surface area contributed by atoms with Gasteiger partial charge in [0.25, 0.3) is 5.56 Å². The standard InChI is InChI=1S/C24H24FN3O3/c25-18-10-8-16(9-11-18)23(30)17-12-14-28(15-13-17)22(29)7-3-6-21-26-20-5-2-1-4-19(20)24(31)27-21/h1-2,4-5,8-11,17H,3,6-7,12-15H2,(H,26,27,31). The summed E-state index contributed by atoms with van der Waals surface area (Å²) in [6.07, 6.45) is 2.70. The number of carbonyl (C=O) groups is 2. The first-order valence-electron chi connectivity index (χ1n) is 10.6. The lowest BCUT2D eigenvalue weighted by Gasteiger charge is -2.31. The maximum atomic E-state index is 13.1. The molecule has 1 aliphatic rings. The Kier molecular flexibility index (Phi) is 6.21. The van der Waals surface area contributed by atoms with Gasteiger partial charge in [-0.15, -0.1) is 0 Å². The van der Waals surface area contributed by atoms with Gasteiger partial charge < -0.3 is 9.88 Å². The van der Waals surface area contributed by atoms with Gasteiger partial charge in [0.05, 0.1) is 10.9 Å². The predicted octanol–water partition coefficient (Wildman–Crippen LogP) is 3.51. The van der Waals surface area contributed by atoms with Crippen molar-refractivity contribution in [3.05, 3.63) is 76.1 Å². The van der Waals surface area contributed by atoms with E-state index in [0.29, 0.717) is 67.5 Å². The lowest BCUT2D eigenvalue weighted by Crippen LogP contribution is -2.40. The molecule has 1 aliphatic heterocycles. The molecule has 1 N–H and O–H groups in total. The van der Waals surface area contributed by atoms with Crippen molar-refractivity contribution in [2.24, 2.45) is 5.92 Å². The molecule has 1 aromatic heterocycles. The van der Waals surface area contributed by atoms with E-state index in [1.165, 1.54) is 24.3 Å². The van der Waals surface area contributed by atoms with E-state index in [2.05, 4.69) is 9.97 Å². The molecule has 1 saturated heterocycles. The Morgan fingerprint density at radius 3 is 2.52 bits per heavy atom. The van der Waals surface area contributed by atoms with Gasteiger partial charge in [-0.05, 0) is 55.7 Å². The SMILES string of the molecule is O=C(c1ccc(F)cc1)C1CCN(C(=O)CCCc2nc3ccccc3c(=O)[nH]2)CC1. The van der Waals surface area contributed by atoms with Crippen LogP contribution in [0.2, 0.25) is 0 Å². The number of aromatic amines is 1. The fraction of sp³-hybridized carbons (Fsp3) is 0.333. The summed E-state index contributed by atoms with van der Waals surface area (Å²) < 4.78 is 13.1. The highest BCUT2D eigenvalue weighted by molar-refractivity contribution is 5.98. The molecule has 0 atom stereocenters. The summed E-state index contributed by atoms with van der Waals surface area (Å²) in [6.45, 7) is 1.09. The van der Waals surface area contributed by atoms with Crippen molar-refractivity contribution >= 4 is 22.6 Å². The smallest absolute Gasteiger partial charge is 0.258 e. The first-order chi connectivity index (χ1) is 15.0. The number of para-hydroxylation sites is 1. The van der Waals surface area contributed by atoms with E-state index in [-0.39, 0.29) is 29.0 Å². The van der Waals surface area contributed by atoms with Crippen molar-refractivity contribution < 1.29 is 14.0 Å². The van der Waals surface area contributed by atoms with Crippen LogP contribution in [0.4, 0.5) is 4.39 Å². The van der Waals surface area contributed by atoms with Gasteiger partial charge in [-0.2, -0.15) is 0 Å². The largest absolute Gasteiger partial charge is 0.343 e. The Morgan fingerprint density at radius 1 is 1.06 bits per heavy atom. The summed E-state index contributed by atoms with van der Waals surface area (Å²) in [5, 5.41) is 0.556. The van der Waals surface area contributed by atoms with Gasteiger partial charge in [-0.3, -0.25) is 14.4 Å². The third-order valence-electron chi connectivity index (χ3n) is 5.81. The van der Waals surface area contributed by atoms with Crippen LogP contribution in [0.15, 0.2) is 53.3 Å². The van der Waals surface area contributed by atoms with Crippen molar-refractivity contribution in [1.29, 1.82) is 0 Å². The van der Waals surface area contributed by atoms with Crippen molar-refractivity contribution in [3.63, 3.8) is 0 Å². The number of nitrogens with zero attached hydrogens (tertiary/aromatic N) is 2. The van der Waals surface area contributed by atoms with Crippen LogP contribution in [0, 0.1) is 11.7 Å². The van der Waals surface area contributed by atoms with Crippen molar-refractivity contribution in [2.45, 2.75) is 32.1 Å². The van der Waals surface area contributed by atoms with Crippen molar-refractivity contribution in [3.8, 4) is 0 Å². The highest BCUT2D eigenvalue weighted by Gasteiger charge is 2.27. The number of piperidine rings is 1. The van der Waals surface area contributed by atoms with Crippen LogP contribution < -0.4 is 5.56 Å². The highest BCUT2D eigenvalue weighted by atomic mass is 19.1. The molecule has 1 fully saturated rings. The van der Waals surface area contributed by atoms with Crippen LogP contribution in [-0.4, -0.2) is 39.6 Å². The fourth-order valence-electron chi connectivity index (χ4n) is 4.06. The Labute approximate surface area is 179 Å². The quantitative estimate of drug-likeness (QED) is 0.618. The molecule has 0 bridgehead atoms. The molecule has 2 aromatic carbocycles. The molecule has 0 aliphatic carbocycles. The van der Waals surface area contributed by atoms with E-state index in [9.17, 15) is 18.8 Å². The number of fused-ring (bicyclic) bond motifs is 1. The van der Waals surface area contributed by atoms with Gasteiger partial charge in [-0.1, -0.05) is 12.1 Å². The Bertz CT molecular complexity index is 1150. The zero-order chi connectivity index (χ0) is 21.8. The van der Waals surface area contributed by atoms with Crippen molar-refractivity contribution in [2.75, 3.05) is 13.1 Å². The summed E-state index contributed by atoms with van der Waals surface area (Å²) in [7, 11) is 0. The number of likely N-dealkylation sites (tertiary alicyclic amines) is 1. The number of benzene rings is 2. The van der Waals surface area contributed by atoms with E-state index in [1.807, 2.05) is 6.07 Å². The minimum atomic E-state index is -0.361. The van der Waals surface area contributed by atoms with Gasteiger partial charge in [0, 0.05) is 37.4 Å². The number of aromatic nitrogens is 2. The van der Waals surface area contributed by atoms with Crippen molar-refractivity contribution in [1.82, 2.24) is 14.9 Å². The second-order valence-corrected chi connectivity index (χ2v) is 7.91. The van der Waals surface area contributed by atoms with Crippen LogP contribution in [0.25, 0.3) is 10.9 Å². The van der Waals surface area contributed by atoms with E-state index in [0.717, 1.165) is 0 Å². The normalized spacial score (nSPS) is 14.7. The van der Waals surface area contributed by atoms with Crippen LogP contribution in [0.3, 0.4) is 0 Å². The number of amides is 1. The second-order valence-electron chi connectivity index (χ2n) is 7.91. The number of nitrogens with one attached hydrogen (secondary N) is 1. The number of halogens is 1. The number of ketones is 1. The molecular formula is C24H24FN3O3. The Hall–Kier alpha value is -3.35. The molecule has 7 heteroatoms. The molecule has 0 saturated carbocycles. The van der Waals surface area contributed by atoms with Gasteiger partial charge in [0.1, 0.15) is 11.6 Å². The minimum Gasteiger partial charge on any atom is -0.343 e. The summed E-state index contributed by atoms with van der Waals surface area (Å²) in [4.78, 5) is 46.3. The number of H-pyrrole nitrogens is 1. The molecule has 160 valence electrons. The van der Waals surface area contributed by atoms with Gasteiger partial charge >= 0.3 is 0 Å². The number of Topliss-reactive ketones (excluding diaryl/α,β-unsaturated/α-hetero) is 1. The lowest BCUT2D eigenvalue weighted by atomic mass is 9.88. The predicted molar refractivity (Wildman–Crippen MR) is 115 cm³/mol. The first-order valence-corrected chi connectivity index (χ1v) is 10.6. The maximum absolute atomic E-state index is 13.1. The molecule has 4 rings (SSSR count). The van der Waals surface area contributed by atoms with Gasteiger partial charge in [0.2, 0.25) is 5.91 Å². The number of hydrogen-bond donors (Lipinski definition) is 1. The zero-order valence-corrected chi connectivity index (χ0v) is 17.1. The van der Waals surface area contributed by atoms with E-state index < -0.39 is 0 Å². The van der Waals surface area contributed by atoms with Crippen LogP contribution in [0.5, 0.6) is 0 Å². The fourth-order valence-corrected chi connectivity index (χ4v) is 4.06. The van der Waals surface area contributed by atoms with Crippen LogP contribution >= 0.6 is 0 Å². The summed E-state index contributed by atoms with van der Waals surface area (Å²) in [6, 6.07) is 12.8. The lowest BCUT2D eigenvalue weighted by molar-refractivity contribution is -0.132. The summed E-state index contributed by atoms with van der Waals surface area (Å²) >= 11 is 0. The molecule has 3 aromatic rings. The van der Waals surface area contributed by atoms with E-state index in [1.54, 1.807) is 23.1 Å². The number of rotatable bonds is 6. The molecule has 1 amide bonds. The summed E-state index contributed by atoms with van der Waals surface area (Å²) in [5.74, 6) is 0.149. The topological polar surface area (TPSA) is 83.1 Å². The first kappa shape index (κ1) is 20.9. The monoisotopic (exact) mass is 421 g/mol. The third kappa shape index (κ3) is 4.87. The maximum Gasteiger partial charge on any atom is 0.258 e. The Balaban J connectivity index is 1.26. The minimum absolute atomic E-state index is 0.0124. The average molecular weight is 421 g/mol. The van der Waals surface area contributed by atoms with E-state index in [4.69, 9.17) is 0 Å². The molecule has 2 heterocycles. The second kappa shape index (κ2) is 9.20. The molecular weight excluding hydrogens is 397 g/mol. The number of hydrogen-bond acceptors (Lipinski definition) is 4. The van der Waals surface area contributed by atoms with Gasteiger partial charge in [-0.25, -0.2) is 9.37 Å². The Morgan fingerprint density at radius 2 is 1.77 bits per heavy atom. The number of aryl methyl sites for hydroxylation is 1. The molecule has 0 radical (unpaired) electrons. The third-order valence-corrected chi connectivity index (χ3v) is 5.81. The molecule has 0 unspecified atom stereocenters. The van der Waals surface area contributed by atoms with Crippen LogP contribution in [-0.2, 0) is 11.2 Å². The highest BCUT2D eigenvalue weighted by Crippen LogP contribution is 2.23. The zero-order valence-electron chi connectivity index (χ0n) is 17.1. The molecule has 6 nitrogen and oxygen atoms in total. The molecule has 0 spiro atoms.